The molecule has 1 atom stereocenters. The van der Waals surface area contributed by atoms with Crippen LogP contribution in [0.15, 0.2) is 48.5 Å². The lowest BCUT2D eigenvalue weighted by atomic mass is 9.77. The third-order valence-corrected chi connectivity index (χ3v) is 4.19. The first-order valence-electron chi connectivity index (χ1n) is 6.36. The van der Waals surface area contributed by atoms with Crippen molar-refractivity contribution in [1.29, 1.82) is 0 Å². The molecule has 2 aromatic rings. The molecule has 1 aliphatic carbocycles. The highest BCUT2D eigenvalue weighted by Gasteiger charge is 2.35. The van der Waals surface area contributed by atoms with Crippen LogP contribution in [0.25, 0.3) is 0 Å². The minimum absolute atomic E-state index is 0. The van der Waals surface area contributed by atoms with Crippen molar-refractivity contribution in [2.45, 2.75) is 32.1 Å². The summed E-state index contributed by atoms with van der Waals surface area (Å²) in [5.74, 6) is 0. The zero-order chi connectivity index (χ0) is 11.9. The molecule has 0 bridgehead atoms. The third kappa shape index (κ3) is 1.59. The highest BCUT2D eigenvalue weighted by Crippen LogP contribution is 2.43. The quantitative estimate of drug-likeness (QED) is 0.669. The van der Waals surface area contributed by atoms with E-state index in [2.05, 4.69) is 62.4 Å². The van der Waals surface area contributed by atoms with Gasteiger partial charge in [0.25, 0.3) is 0 Å². The van der Waals surface area contributed by atoms with Gasteiger partial charge in [-0.05, 0) is 36.5 Å². The van der Waals surface area contributed by atoms with E-state index in [-0.39, 0.29) is 6.84 Å². The Kier molecular flexibility index (Phi) is 2.32. The van der Waals surface area contributed by atoms with Gasteiger partial charge in [0.1, 0.15) is 0 Å². The predicted molar refractivity (Wildman–Crippen MR) is 74.5 cm³/mol. The lowest BCUT2D eigenvalue weighted by Gasteiger charge is -2.26. The predicted octanol–water partition coefficient (Wildman–Crippen LogP) is 4.49. The zero-order valence-corrected chi connectivity index (χ0v) is 10.5. The number of hydrogen-bond acceptors (Lipinski definition) is 0. The van der Waals surface area contributed by atoms with Gasteiger partial charge in [-0.15, -0.1) is 0 Å². The first-order chi connectivity index (χ1) is 8.20. The molecule has 0 nitrogen and oxygen atoms in total. The molecule has 0 spiro atoms. The second-order valence-corrected chi connectivity index (χ2v) is 5.36. The Balaban J connectivity index is 0.00000120. The van der Waals surface area contributed by atoms with Gasteiger partial charge in [0.05, 0.1) is 0 Å². The standard InChI is InChI=1S/C17H18.H2/c1-13-7-9-15(10-8-13)17(2)12-11-14-5-3-4-6-16(14)17;/h3-10H,11-12H2,1-2H3;1H. The maximum atomic E-state index is 2.38. The summed E-state index contributed by atoms with van der Waals surface area (Å²) in [6.45, 7) is 4.53. The van der Waals surface area contributed by atoms with Gasteiger partial charge in [-0.3, -0.25) is 0 Å². The van der Waals surface area contributed by atoms with Gasteiger partial charge in [-0.1, -0.05) is 61.0 Å². The Labute approximate surface area is 105 Å². The molecule has 1 unspecified atom stereocenters. The summed E-state index contributed by atoms with van der Waals surface area (Å²) in [7, 11) is 0. The van der Waals surface area contributed by atoms with Gasteiger partial charge >= 0.3 is 0 Å². The Bertz CT molecular complexity index is 542. The second kappa shape index (κ2) is 3.73. The van der Waals surface area contributed by atoms with E-state index in [1.54, 1.807) is 0 Å². The van der Waals surface area contributed by atoms with Gasteiger partial charge in [-0.25, -0.2) is 0 Å². The van der Waals surface area contributed by atoms with Gasteiger partial charge in [0, 0.05) is 6.84 Å². The van der Waals surface area contributed by atoms with Gasteiger partial charge in [0.2, 0.25) is 0 Å². The third-order valence-electron chi connectivity index (χ3n) is 4.19. The van der Waals surface area contributed by atoms with E-state index in [1.165, 1.54) is 35.1 Å². The zero-order valence-electron chi connectivity index (χ0n) is 10.5. The summed E-state index contributed by atoms with van der Waals surface area (Å²) in [5.41, 5.74) is 6.04. The van der Waals surface area contributed by atoms with E-state index in [0.717, 1.165) is 0 Å². The largest absolute Gasteiger partial charge is 0.0620 e. The van der Waals surface area contributed by atoms with Crippen LogP contribution in [-0.4, -0.2) is 0 Å². The van der Waals surface area contributed by atoms with Crippen molar-refractivity contribution in [3.63, 3.8) is 0 Å². The number of aryl methyl sites for hydroxylation is 2. The van der Waals surface area contributed by atoms with Gasteiger partial charge < -0.3 is 0 Å². The fourth-order valence-electron chi connectivity index (χ4n) is 3.02. The maximum Gasteiger partial charge on any atom is 0.0180 e. The molecule has 0 amide bonds. The lowest BCUT2D eigenvalue weighted by Crippen LogP contribution is -2.19. The molecule has 3 rings (SSSR count). The average Bonchev–Trinajstić information content (AvgIpc) is 2.70. The van der Waals surface area contributed by atoms with Crippen LogP contribution < -0.4 is 0 Å². The Morgan fingerprint density at radius 2 is 1.71 bits per heavy atom. The smallest absolute Gasteiger partial charge is 0.0180 e. The normalized spacial score (nSPS) is 22.5. The molecule has 0 aromatic heterocycles. The van der Waals surface area contributed by atoms with Crippen LogP contribution in [0.2, 0.25) is 0 Å². The monoisotopic (exact) mass is 224 g/mol. The molecular weight excluding hydrogens is 204 g/mol. The first kappa shape index (κ1) is 10.6. The van der Waals surface area contributed by atoms with E-state index in [1.807, 2.05) is 0 Å². The lowest BCUT2D eigenvalue weighted by molar-refractivity contribution is 0.566. The van der Waals surface area contributed by atoms with Crippen molar-refractivity contribution in [1.82, 2.24) is 0 Å². The molecule has 0 heterocycles. The van der Waals surface area contributed by atoms with E-state index >= 15 is 0 Å². The van der Waals surface area contributed by atoms with E-state index < -0.39 is 0 Å². The van der Waals surface area contributed by atoms with Crippen LogP contribution >= 0.6 is 0 Å². The summed E-state index contributed by atoms with van der Waals surface area (Å²) in [6, 6.07) is 17.9. The van der Waals surface area contributed by atoms with Crippen molar-refractivity contribution in [3.05, 3.63) is 70.8 Å². The molecule has 0 heteroatoms. The van der Waals surface area contributed by atoms with E-state index in [4.69, 9.17) is 0 Å². The molecule has 2 aromatic carbocycles. The highest BCUT2D eigenvalue weighted by molar-refractivity contribution is 5.47. The average molecular weight is 224 g/mol. The molecule has 0 radical (unpaired) electrons. The molecule has 0 saturated carbocycles. The molecule has 17 heavy (non-hydrogen) atoms. The van der Waals surface area contributed by atoms with Crippen molar-refractivity contribution >= 4 is 0 Å². The number of benzene rings is 2. The molecule has 1 aliphatic rings. The summed E-state index contributed by atoms with van der Waals surface area (Å²) >= 11 is 0. The van der Waals surface area contributed by atoms with Crippen LogP contribution in [0.4, 0.5) is 0 Å². The van der Waals surface area contributed by atoms with Crippen molar-refractivity contribution in [2.24, 2.45) is 0 Å². The highest BCUT2D eigenvalue weighted by atomic mass is 14.4. The fourth-order valence-corrected chi connectivity index (χ4v) is 3.02. The van der Waals surface area contributed by atoms with Crippen LogP contribution in [0.3, 0.4) is 0 Å². The Morgan fingerprint density at radius 1 is 1.00 bits per heavy atom. The van der Waals surface area contributed by atoms with Crippen LogP contribution in [0.1, 0.15) is 37.0 Å². The number of fused-ring (bicyclic) bond motifs is 1. The van der Waals surface area contributed by atoms with Gasteiger partial charge in [-0.2, -0.15) is 0 Å². The molecule has 0 N–H and O–H groups in total. The Hall–Kier alpha value is -1.56. The molecule has 88 valence electrons. The summed E-state index contributed by atoms with van der Waals surface area (Å²) in [5, 5.41) is 0. The van der Waals surface area contributed by atoms with Crippen LogP contribution in [0, 0.1) is 6.92 Å². The van der Waals surface area contributed by atoms with Crippen LogP contribution in [-0.2, 0) is 11.8 Å². The summed E-state index contributed by atoms with van der Waals surface area (Å²) < 4.78 is 0. The van der Waals surface area contributed by atoms with E-state index in [0.29, 0.717) is 0 Å². The van der Waals surface area contributed by atoms with E-state index in [9.17, 15) is 0 Å². The first-order valence-corrected chi connectivity index (χ1v) is 6.36. The number of hydrogen-bond donors (Lipinski definition) is 0. The van der Waals surface area contributed by atoms with Crippen molar-refractivity contribution in [3.8, 4) is 0 Å². The maximum absolute atomic E-state index is 2.38. The van der Waals surface area contributed by atoms with Gasteiger partial charge in [0.15, 0.2) is 0 Å². The molecular formula is C17H20. The fraction of sp³-hybridized carbons (Fsp3) is 0.294. The molecule has 0 fully saturated rings. The summed E-state index contributed by atoms with van der Waals surface area (Å²) in [4.78, 5) is 0. The minimum Gasteiger partial charge on any atom is -0.0620 e. The van der Waals surface area contributed by atoms with Crippen LogP contribution in [0.5, 0.6) is 0 Å². The topological polar surface area (TPSA) is 0 Å². The SMILES string of the molecule is Cc1ccc(C2(C)CCc3ccccc32)cc1.[HH]. The molecule has 0 saturated heterocycles. The molecule has 0 aliphatic heterocycles. The minimum atomic E-state index is 0. The van der Waals surface area contributed by atoms with Crippen molar-refractivity contribution in [2.75, 3.05) is 0 Å². The second-order valence-electron chi connectivity index (χ2n) is 5.36. The number of rotatable bonds is 1. The Morgan fingerprint density at radius 3 is 2.47 bits per heavy atom. The van der Waals surface area contributed by atoms with Crippen molar-refractivity contribution < 1.29 is 1.43 Å². The summed E-state index contributed by atoms with van der Waals surface area (Å²) in [6.07, 6.45) is 2.44.